The van der Waals surface area contributed by atoms with E-state index in [0.717, 1.165) is 28.8 Å². The molecule has 2 aromatic heterocycles. The van der Waals surface area contributed by atoms with Gasteiger partial charge in [-0.3, -0.25) is 4.40 Å². The first-order chi connectivity index (χ1) is 6.09. The molecule has 2 heterocycles. The molecule has 2 aromatic rings. The van der Waals surface area contributed by atoms with Crippen LogP contribution in [-0.2, 0) is 0 Å². The van der Waals surface area contributed by atoms with Gasteiger partial charge in [0, 0.05) is 0 Å². The van der Waals surface area contributed by atoms with Crippen molar-refractivity contribution in [3.63, 3.8) is 0 Å². The lowest BCUT2D eigenvalue weighted by atomic mass is 10.5. The van der Waals surface area contributed by atoms with Gasteiger partial charge >= 0.3 is 0 Å². The van der Waals surface area contributed by atoms with Crippen molar-refractivity contribution in [2.45, 2.75) is 27.7 Å². The van der Waals surface area contributed by atoms with E-state index in [4.69, 9.17) is 0 Å². The predicted molar refractivity (Wildman–Crippen MR) is 49.7 cm³/mol. The predicted octanol–water partition coefficient (Wildman–Crippen LogP) is 1.36. The van der Waals surface area contributed by atoms with Crippen LogP contribution < -0.4 is 0 Å². The largest absolute Gasteiger partial charge is 0.268 e. The van der Waals surface area contributed by atoms with Gasteiger partial charge in [-0.15, -0.1) is 0 Å². The van der Waals surface area contributed by atoms with Crippen molar-refractivity contribution < 1.29 is 0 Å². The molecule has 0 spiro atoms. The van der Waals surface area contributed by atoms with Crippen molar-refractivity contribution >= 4 is 5.65 Å². The van der Waals surface area contributed by atoms with Crippen molar-refractivity contribution in [2.24, 2.45) is 0 Å². The van der Waals surface area contributed by atoms with E-state index in [2.05, 4.69) is 15.0 Å². The molecule has 0 aliphatic heterocycles. The SMILES string of the molecule is Cc1nc(C)n2c(C)nc(C)c2n1. The van der Waals surface area contributed by atoms with E-state index in [-0.39, 0.29) is 0 Å². The second-order valence-corrected chi connectivity index (χ2v) is 3.22. The van der Waals surface area contributed by atoms with Crippen LogP contribution in [0, 0.1) is 27.7 Å². The van der Waals surface area contributed by atoms with Crippen LogP contribution in [0.4, 0.5) is 0 Å². The van der Waals surface area contributed by atoms with Crippen LogP contribution in [0.1, 0.15) is 23.2 Å². The summed E-state index contributed by atoms with van der Waals surface area (Å²) >= 11 is 0. The van der Waals surface area contributed by atoms with Crippen LogP contribution in [-0.4, -0.2) is 19.4 Å². The summed E-state index contributed by atoms with van der Waals surface area (Å²) < 4.78 is 1.97. The highest BCUT2D eigenvalue weighted by molar-refractivity contribution is 5.45. The van der Waals surface area contributed by atoms with E-state index in [9.17, 15) is 0 Å². The third-order valence-electron chi connectivity index (χ3n) is 2.10. The number of hydrogen-bond acceptors (Lipinski definition) is 3. The van der Waals surface area contributed by atoms with Gasteiger partial charge in [0.15, 0.2) is 5.65 Å². The van der Waals surface area contributed by atoms with Crippen molar-refractivity contribution in [1.29, 1.82) is 0 Å². The minimum atomic E-state index is 0.799. The van der Waals surface area contributed by atoms with Gasteiger partial charge in [0.25, 0.3) is 0 Å². The number of fused-ring (bicyclic) bond motifs is 1. The summed E-state index contributed by atoms with van der Waals surface area (Å²) in [6.45, 7) is 7.80. The molecule has 4 nitrogen and oxygen atoms in total. The Kier molecular flexibility index (Phi) is 1.58. The summed E-state index contributed by atoms with van der Waals surface area (Å²) in [5, 5.41) is 0. The average molecular weight is 176 g/mol. The Labute approximate surface area is 76.7 Å². The quantitative estimate of drug-likeness (QED) is 0.608. The Morgan fingerprint density at radius 1 is 0.846 bits per heavy atom. The maximum Gasteiger partial charge on any atom is 0.163 e. The van der Waals surface area contributed by atoms with Crippen molar-refractivity contribution in [2.75, 3.05) is 0 Å². The smallest absolute Gasteiger partial charge is 0.163 e. The molecule has 0 bridgehead atoms. The fourth-order valence-corrected chi connectivity index (χ4v) is 1.64. The van der Waals surface area contributed by atoms with Crippen LogP contribution in [0.3, 0.4) is 0 Å². The molecule has 0 fully saturated rings. The summed E-state index contributed by atoms with van der Waals surface area (Å²) in [5.41, 5.74) is 1.88. The third-order valence-corrected chi connectivity index (χ3v) is 2.10. The van der Waals surface area contributed by atoms with Gasteiger partial charge in [-0.05, 0) is 27.7 Å². The first kappa shape index (κ1) is 8.16. The molecular weight excluding hydrogens is 164 g/mol. The molecule has 4 heteroatoms. The van der Waals surface area contributed by atoms with E-state index < -0.39 is 0 Å². The number of aromatic nitrogens is 4. The first-order valence-electron chi connectivity index (χ1n) is 4.26. The zero-order valence-corrected chi connectivity index (χ0v) is 8.29. The molecule has 0 aliphatic carbocycles. The lowest BCUT2D eigenvalue weighted by Gasteiger charge is -2.01. The van der Waals surface area contributed by atoms with E-state index in [1.807, 2.05) is 32.1 Å². The Morgan fingerprint density at radius 2 is 1.46 bits per heavy atom. The molecule has 0 N–H and O–H groups in total. The molecule has 0 saturated heterocycles. The summed E-state index contributed by atoms with van der Waals surface area (Å²) in [5.74, 6) is 2.69. The molecular formula is C9H12N4. The first-order valence-corrected chi connectivity index (χ1v) is 4.26. The fourth-order valence-electron chi connectivity index (χ4n) is 1.64. The second kappa shape index (κ2) is 2.52. The van der Waals surface area contributed by atoms with Crippen LogP contribution in [0.5, 0.6) is 0 Å². The average Bonchev–Trinajstić information content (AvgIpc) is 2.27. The Balaban J connectivity index is 2.97. The molecule has 68 valence electrons. The summed E-state index contributed by atoms with van der Waals surface area (Å²) in [6, 6.07) is 0. The standard InChI is InChI=1S/C9H12N4/c1-5-9-12-6(2)11-8(4)13(9)7(3)10-5/h1-4H3. The van der Waals surface area contributed by atoms with Gasteiger partial charge < -0.3 is 0 Å². The van der Waals surface area contributed by atoms with Crippen molar-refractivity contribution in [3.05, 3.63) is 23.2 Å². The van der Waals surface area contributed by atoms with Gasteiger partial charge in [-0.1, -0.05) is 0 Å². The van der Waals surface area contributed by atoms with E-state index in [1.54, 1.807) is 0 Å². The van der Waals surface area contributed by atoms with Crippen LogP contribution in [0.2, 0.25) is 0 Å². The molecule has 0 aromatic carbocycles. The number of imidazole rings is 1. The summed E-state index contributed by atoms with van der Waals surface area (Å²) in [6.07, 6.45) is 0. The van der Waals surface area contributed by atoms with Crippen LogP contribution >= 0.6 is 0 Å². The fraction of sp³-hybridized carbons (Fsp3) is 0.444. The van der Waals surface area contributed by atoms with Crippen LogP contribution in [0.25, 0.3) is 5.65 Å². The Bertz CT molecular complexity index is 470. The lowest BCUT2D eigenvalue weighted by Crippen LogP contribution is -2.02. The van der Waals surface area contributed by atoms with E-state index >= 15 is 0 Å². The monoisotopic (exact) mass is 176 g/mol. The van der Waals surface area contributed by atoms with Gasteiger partial charge in [-0.25, -0.2) is 15.0 Å². The molecule has 0 atom stereocenters. The van der Waals surface area contributed by atoms with Gasteiger partial charge in [-0.2, -0.15) is 0 Å². The molecule has 0 amide bonds. The van der Waals surface area contributed by atoms with Gasteiger partial charge in [0.2, 0.25) is 0 Å². The number of hydrogen-bond donors (Lipinski definition) is 0. The lowest BCUT2D eigenvalue weighted by molar-refractivity contribution is 0.874. The van der Waals surface area contributed by atoms with Crippen LogP contribution in [0.15, 0.2) is 0 Å². The second-order valence-electron chi connectivity index (χ2n) is 3.22. The highest BCUT2D eigenvalue weighted by Gasteiger charge is 2.08. The summed E-state index contributed by atoms with van der Waals surface area (Å²) in [7, 11) is 0. The normalized spacial score (nSPS) is 11.1. The minimum Gasteiger partial charge on any atom is -0.268 e. The Morgan fingerprint density at radius 3 is 2.15 bits per heavy atom. The number of aryl methyl sites for hydroxylation is 4. The Hall–Kier alpha value is -1.45. The third kappa shape index (κ3) is 1.09. The molecule has 0 radical (unpaired) electrons. The highest BCUT2D eigenvalue weighted by Crippen LogP contribution is 2.10. The molecule has 0 aliphatic rings. The topological polar surface area (TPSA) is 43.1 Å². The minimum absolute atomic E-state index is 0.799. The molecule has 2 rings (SSSR count). The van der Waals surface area contributed by atoms with Crippen molar-refractivity contribution in [3.8, 4) is 0 Å². The highest BCUT2D eigenvalue weighted by atomic mass is 15.2. The van der Waals surface area contributed by atoms with Crippen molar-refractivity contribution in [1.82, 2.24) is 19.4 Å². The summed E-state index contributed by atoms with van der Waals surface area (Å²) in [4.78, 5) is 13.0. The maximum atomic E-state index is 4.35. The zero-order valence-electron chi connectivity index (χ0n) is 8.29. The van der Waals surface area contributed by atoms with E-state index in [1.165, 1.54) is 0 Å². The zero-order chi connectivity index (χ0) is 9.59. The maximum absolute atomic E-state index is 4.35. The van der Waals surface area contributed by atoms with Gasteiger partial charge in [0.1, 0.15) is 17.5 Å². The molecule has 13 heavy (non-hydrogen) atoms. The molecule has 0 unspecified atom stereocenters. The number of nitrogens with zero attached hydrogens (tertiary/aromatic N) is 4. The van der Waals surface area contributed by atoms with E-state index in [0.29, 0.717) is 0 Å². The molecule has 0 saturated carbocycles. The van der Waals surface area contributed by atoms with Gasteiger partial charge in [0.05, 0.1) is 5.69 Å². The number of rotatable bonds is 0.